The van der Waals surface area contributed by atoms with Crippen LogP contribution in [-0.4, -0.2) is 9.67 Å². The predicted molar refractivity (Wildman–Crippen MR) is 192 cm³/mol. The van der Waals surface area contributed by atoms with Gasteiger partial charge in [-0.05, 0) is 42.0 Å². The second-order valence-electron chi connectivity index (χ2n) is 11.8. The number of benzene rings is 7. The maximum atomic E-state index is 12.0. The molecule has 3 heterocycles. The molecular formula is C42H25N2O3V-. The van der Waals surface area contributed by atoms with Gasteiger partial charge in [0, 0.05) is 51.1 Å². The molecule has 0 spiro atoms. The third-order valence-electron chi connectivity index (χ3n) is 9.24. The van der Waals surface area contributed by atoms with Gasteiger partial charge < -0.3 is 23.8 Å². The molecule has 10 aromatic rings. The minimum Gasteiger partial charge on any atom is -0.651 e. The standard InChI is InChI=1S/C42H25N2O3.V/c45-41-30(25-12-2-1-3-13-25)24-37-39(29-17-7-10-20-35(29)46-37)40(41)43-31-22-23-34(38-28-16-6-11-21-36(28)47-42(31)38)44-32-18-8-4-14-26(32)27-15-5-9-19-33(27)44;/h1-24,45H;/q-1;. The van der Waals surface area contributed by atoms with Crippen molar-refractivity contribution in [2.24, 2.45) is 0 Å². The Bertz CT molecular complexity index is 2790. The molecule has 0 amide bonds. The van der Waals surface area contributed by atoms with E-state index in [0.29, 0.717) is 28.1 Å². The van der Waals surface area contributed by atoms with E-state index in [1.807, 2.05) is 84.9 Å². The average Bonchev–Trinajstić information content (AvgIpc) is 3.80. The van der Waals surface area contributed by atoms with Crippen LogP contribution in [0.3, 0.4) is 0 Å². The molecule has 7 aromatic carbocycles. The minimum atomic E-state index is 0. The molecule has 0 saturated heterocycles. The van der Waals surface area contributed by atoms with Gasteiger partial charge in [0.1, 0.15) is 28.1 Å². The fraction of sp³-hybridized carbons (Fsp3) is 0. The van der Waals surface area contributed by atoms with Crippen LogP contribution in [0, 0.1) is 0 Å². The zero-order valence-electron chi connectivity index (χ0n) is 25.5. The summed E-state index contributed by atoms with van der Waals surface area (Å²) in [6, 6.07) is 48.8. The molecule has 0 saturated carbocycles. The van der Waals surface area contributed by atoms with Gasteiger partial charge in [-0.15, -0.1) is 0 Å². The Morgan fingerprint density at radius 1 is 0.521 bits per heavy atom. The Kier molecular flexibility index (Phi) is 6.41. The summed E-state index contributed by atoms with van der Waals surface area (Å²) in [7, 11) is 0. The van der Waals surface area contributed by atoms with Gasteiger partial charge in [0.05, 0.1) is 22.1 Å². The quantitative estimate of drug-likeness (QED) is 0.205. The SMILES string of the molecule is Oc1c(-c2ccccc2)cc2oc3ccccc3c2c1[N-]c1ccc(-n2c3ccccc3c3ccccc32)c2c1oc1ccccc12.[V]. The molecule has 10 rings (SSSR count). The van der Waals surface area contributed by atoms with Gasteiger partial charge in [-0.2, -0.15) is 0 Å². The zero-order valence-corrected chi connectivity index (χ0v) is 26.9. The van der Waals surface area contributed by atoms with E-state index in [1.165, 1.54) is 10.8 Å². The number of fused-ring (bicyclic) bond motifs is 9. The first-order chi connectivity index (χ1) is 23.2. The molecular weight excluding hydrogens is 631 g/mol. The van der Waals surface area contributed by atoms with Crippen LogP contribution in [0.25, 0.3) is 87.8 Å². The summed E-state index contributed by atoms with van der Waals surface area (Å²) >= 11 is 0. The summed E-state index contributed by atoms with van der Waals surface area (Å²) in [6.45, 7) is 0. The molecule has 48 heavy (non-hydrogen) atoms. The van der Waals surface area contributed by atoms with Gasteiger partial charge in [-0.3, -0.25) is 0 Å². The predicted octanol–water partition coefficient (Wildman–Crippen LogP) is 12.3. The fourth-order valence-corrected chi connectivity index (χ4v) is 7.18. The van der Waals surface area contributed by atoms with Crippen molar-refractivity contribution in [2.45, 2.75) is 0 Å². The molecule has 1 N–H and O–H groups in total. The number of phenolic OH excluding ortho intramolecular Hbond substituents is 1. The maximum absolute atomic E-state index is 12.0. The summed E-state index contributed by atoms with van der Waals surface area (Å²) in [5.74, 6) is 0.0889. The minimum absolute atomic E-state index is 0. The summed E-state index contributed by atoms with van der Waals surface area (Å²) in [6.07, 6.45) is 0. The molecule has 0 bridgehead atoms. The van der Waals surface area contributed by atoms with E-state index < -0.39 is 0 Å². The number of para-hydroxylation sites is 4. The van der Waals surface area contributed by atoms with E-state index in [9.17, 15) is 5.11 Å². The third kappa shape index (κ3) is 4.05. The molecule has 5 nitrogen and oxygen atoms in total. The van der Waals surface area contributed by atoms with Gasteiger partial charge >= 0.3 is 0 Å². The summed E-state index contributed by atoms with van der Waals surface area (Å²) in [5, 5.41) is 23.2. The first kappa shape index (κ1) is 28.4. The van der Waals surface area contributed by atoms with E-state index >= 15 is 0 Å². The third-order valence-corrected chi connectivity index (χ3v) is 9.24. The number of aromatic nitrogens is 1. The van der Waals surface area contributed by atoms with E-state index in [2.05, 4.69) is 65.2 Å². The smallest absolute Gasteiger partial charge is 0.135 e. The van der Waals surface area contributed by atoms with Crippen molar-refractivity contribution >= 4 is 77.1 Å². The number of aromatic hydroxyl groups is 1. The first-order valence-electron chi connectivity index (χ1n) is 15.6. The van der Waals surface area contributed by atoms with Crippen molar-refractivity contribution < 1.29 is 32.5 Å². The van der Waals surface area contributed by atoms with Gasteiger partial charge in [0.15, 0.2) is 0 Å². The number of nitrogens with zero attached hydrogens (tertiary/aromatic N) is 2. The molecule has 0 atom stereocenters. The Morgan fingerprint density at radius 2 is 1.08 bits per heavy atom. The van der Waals surface area contributed by atoms with Crippen LogP contribution < -0.4 is 0 Å². The monoisotopic (exact) mass is 656 g/mol. The van der Waals surface area contributed by atoms with E-state index in [-0.39, 0.29) is 24.3 Å². The molecule has 3 aromatic heterocycles. The van der Waals surface area contributed by atoms with Crippen LogP contribution in [0.4, 0.5) is 11.4 Å². The Labute approximate surface area is 286 Å². The van der Waals surface area contributed by atoms with Crippen LogP contribution in [0.1, 0.15) is 0 Å². The second kappa shape index (κ2) is 10.8. The number of furan rings is 2. The van der Waals surface area contributed by atoms with Crippen LogP contribution in [0.5, 0.6) is 5.75 Å². The first-order valence-corrected chi connectivity index (χ1v) is 15.6. The average molecular weight is 657 g/mol. The van der Waals surface area contributed by atoms with Crippen LogP contribution >= 0.6 is 0 Å². The fourth-order valence-electron chi connectivity index (χ4n) is 7.18. The van der Waals surface area contributed by atoms with Crippen molar-refractivity contribution in [3.05, 3.63) is 151 Å². The summed E-state index contributed by atoms with van der Waals surface area (Å²) < 4.78 is 15.3. The molecule has 0 aliphatic rings. The van der Waals surface area contributed by atoms with Crippen molar-refractivity contribution in [1.82, 2.24) is 4.57 Å². The largest absolute Gasteiger partial charge is 0.651 e. The molecule has 6 heteroatoms. The van der Waals surface area contributed by atoms with Crippen LogP contribution in [0.2, 0.25) is 0 Å². The summed E-state index contributed by atoms with van der Waals surface area (Å²) in [4.78, 5) is 0. The Hall–Kier alpha value is -5.88. The second-order valence-corrected chi connectivity index (χ2v) is 11.8. The van der Waals surface area contributed by atoms with Crippen LogP contribution in [0.15, 0.2) is 154 Å². The molecule has 0 aliphatic carbocycles. The van der Waals surface area contributed by atoms with Crippen molar-refractivity contribution in [3.63, 3.8) is 0 Å². The summed E-state index contributed by atoms with van der Waals surface area (Å²) in [5.41, 5.74) is 8.63. The van der Waals surface area contributed by atoms with Gasteiger partial charge in [0.25, 0.3) is 0 Å². The molecule has 0 fully saturated rings. The molecule has 1 radical (unpaired) electrons. The molecule has 0 unspecified atom stereocenters. The van der Waals surface area contributed by atoms with E-state index in [0.717, 1.165) is 55.0 Å². The normalized spacial score (nSPS) is 11.7. The topological polar surface area (TPSA) is 65.5 Å². The van der Waals surface area contributed by atoms with Gasteiger partial charge in [0.2, 0.25) is 0 Å². The number of hydrogen-bond acceptors (Lipinski definition) is 3. The number of phenols is 1. The van der Waals surface area contributed by atoms with E-state index in [1.54, 1.807) is 0 Å². The van der Waals surface area contributed by atoms with Crippen molar-refractivity contribution in [2.75, 3.05) is 0 Å². The van der Waals surface area contributed by atoms with Crippen LogP contribution in [-0.2, 0) is 18.6 Å². The Balaban J connectivity index is 0.00000314. The molecule has 227 valence electrons. The van der Waals surface area contributed by atoms with Crippen molar-refractivity contribution in [1.29, 1.82) is 0 Å². The Morgan fingerprint density at radius 3 is 1.77 bits per heavy atom. The molecule has 0 aliphatic heterocycles. The van der Waals surface area contributed by atoms with Gasteiger partial charge in [-0.1, -0.05) is 121 Å². The van der Waals surface area contributed by atoms with Crippen molar-refractivity contribution in [3.8, 4) is 22.6 Å². The van der Waals surface area contributed by atoms with Gasteiger partial charge in [-0.25, -0.2) is 0 Å². The number of rotatable bonds is 4. The zero-order chi connectivity index (χ0) is 31.1. The number of hydrogen-bond donors (Lipinski definition) is 1. The maximum Gasteiger partial charge on any atom is 0.135 e. The van der Waals surface area contributed by atoms with E-state index in [4.69, 9.17) is 14.2 Å².